The first-order chi connectivity index (χ1) is 6.63. The third-order valence-corrected chi connectivity index (χ3v) is 2.30. The number of aryl methyl sites for hydroxylation is 1. The highest BCUT2D eigenvalue weighted by atomic mass is 14.0. The molecule has 0 nitrogen and oxygen atoms in total. The fraction of sp³-hybridized carbons (Fsp3) is 0.429. The molecule has 1 aromatic rings. The van der Waals surface area contributed by atoms with Gasteiger partial charge >= 0.3 is 0 Å². The fourth-order valence-electron chi connectivity index (χ4n) is 1.26. The normalized spacial score (nSPS) is 8.71. The van der Waals surface area contributed by atoms with Crippen molar-refractivity contribution in [2.45, 2.75) is 41.5 Å². The molecule has 0 heteroatoms. The molecule has 0 aromatic heterocycles. The van der Waals surface area contributed by atoms with Crippen LogP contribution in [-0.4, -0.2) is 0 Å². The van der Waals surface area contributed by atoms with Gasteiger partial charge in [-0.15, -0.1) is 0 Å². The lowest BCUT2D eigenvalue weighted by molar-refractivity contribution is 1.33. The van der Waals surface area contributed by atoms with Crippen molar-refractivity contribution in [2.24, 2.45) is 0 Å². The monoisotopic (exact) mass is 190 g/mol. The van der Waals surface area contributed by atoms with Crippen molar-refractivity contribution in [1.82, 2.24) is 0 Å². The van der Waals surface area contributed by atoms with Crippen molar-refractivity contribution < 1.29 is 0 Å². The maximum Gasteiger partial charge on any atom is -0.0199 e. The average molecular weight is 190 g/mol. The summed E-state index contributed by atoms with van der Waals surface area (Å²) >= 11 is 0. The van der Waals surface area contributed by atoms with Gasteiger partial charge in [-0.05, 0) is 44.4 Å². The van der Waals surface area contributed by atoms with Gasteiger partial charge in [-0.2, -0.15) is 0 Å². The Kier molecular flexibility index (Phi) is 5.94. The highest BCUT2D eigenvalue weighted by Gasteiger charge is 1.99. The number of hydrogen-bond donors (Lipinski definition) is 0. The number of hydrogen-bond acceptors (Lipinski definition) is 0. The van der Waals surface area contributed by atoms with Crippen molar-refractivity contribution in [3.05, 3.63) is 41.0 Å². The molecule has 0 fully saturated rings. The van der Waals surface area contributed by atoms with Crippen molar-refractivity contribution >= 4 is 5.57 Å². The lowest BCUT2D eigenvalue weighted by Gasteiger charge is -2.07. The molecule has 0 aliphatic heterocycles. The van der Waals surface area contributed by atoms with E-state index in [4.69, 9.17) is 0 Å². The van der Waals surface area contributed by atoms with Crippen LogP contribution in [0.3, 0.4) is 0 Å². The standard InChI is InChI=1S/C12H16.C2H6/c1-9(2)11(4)12-8-6-5-7-10(12)3;1-2/h5-8H,1-4H3;1-2H3. The van der Waals surface area contributed by atoms with E-state index in [9.17, 15) is 0 Å². The minimum Gasteiger partial charge on any atom is -0.0729 e. The number of allylic oxidation sites excluding steroid dienone is 2. The summed E-state index contributed by atoms with van der Waals surface area (Å²) in [5, 5.41) is 0. The summed E-state index contributed by atoms with van der Waals surface area (Å²) in [6, 6.07) is 8.51. The summed E-state index contributed by atoms with van der Waals surface area (Å²) in [5.74, 6) is 0. The summed E-state index contributed by atoms with van der Waals surface area (Å²) in [5.41, 5.74) is 5.52. The van der Waals surface area contributed by atoms with Crippen LogP contribution in [0.5, 0.6) is 0 Å². The Hall–Kier alpha value is -1.04. The summed E-state index contributed by atoms with van der Waals surface area (Å²) in [7, 11) is 0. The third kappa shape index (κ3) is 3.37. The zero-order valence-electron chi connectivity index (χ0n) is 10.3. The first-order valence-electron chi connectivity index (χ1n) is 5.33. The Balaban J connectivity index is 0.000000791. The molecule has 0 saturated carbocycles. The second kappa shape index (κ2) is 6.42. The van der Waals surface area contributed by atoms with Gasteiger partial charge in [-0.3, -0.25) is 0 Å². The largest absolute Gasteiger partial charge is 0.0729 e. The van der Waals surface area contributed by atoms with E-state index >= 15 is 0 Å². The van der Waals surface area contributed by atoms with Gasteiger partial charge in [0.2, 0.25) is 0 Å². The van der Waals surface area contributed by atoms with Crippen LogP contribution in [0.1, 0.15) is 45.7 Å². The summed E-state index contributed by atoms with van der Waals surface area (Å²) < 4.78 is 0. The van der Waals surface area contributed by atoms with E-state index in [0.29, 0.717) is 0 Å². The van der Waals surface area contributed by atoms with Gasteiger partial charge in [0, 0.05) is 0 Å². The van der Waals surface area contributed by atoms with Gasteiger partial charge in [0.25, 0.3) is 0 Å². The Bertz CT molecular complexity index is 302. The highest BCUT2D eigenvalue weighted by Crippen LogP contribution is 2.20. The zero-order valence-corrected chi connectivity index (χ0v) is 10.3. The molecule has 14 heavy (non-hydrogen) atoms. The first kappa shape index (κ1) is 13.0. The molecular formula is C14H22. The summed E-state index contributed by atoms with van der Waals surface area (Å²) in [4.78, 5) is 0. The SMILES string of the molecule is CC.CC(C)=C(C)c1ccccc1C. The van der Waals surface area contributed by atoms with E-state index in [1.807, 2.05) is 13.8 Å². The minimum absolute atomic E-state index is 1.36. The molecule has 0 heterocycles. The minimum atomic E-state index is 1.36. The van der Waals surface area contributed by atoms with Gasteiger partial charge < -0.3 is 0 Å². The van der Waals surface area contributed by atoms with Gasteiger partial charge in [0.15, 0.2) is 0 Å². The molecule has 1 rings (SSSR count). The van der Waals surface area contributed by atoms with Crippen molar-refractivity contribution in [3.63, 3.8) is 0 Å². The average Bonchev–Trinajstić information content (AvgIpc) is 2.20. The topological polar surface area (TPSA) is 0 Å². The molecule has 78 valence electrons. The van der Waals surface area contributed by atoms with Crippen LogP contribution >= 0.6 is 0 Å². The maximum absolute atomic E-state index is 2.18. The van der Waals surface area contributed by atoms with Crippen molar-refractivity contribution in [3.8, 4) is 0 Å². The summed E-state index contributed by atoms with van der Waals surface area (Å²) in [6.07, 6.45) is 0. The zero-order chi connectivity index (χ0) is 11.1. The Morgan fingerprint density at radius 1 is 0.929 bits per heavy atom. The van der Waals surface area contributed by atoms with Gasteiger partial charge in [-0.1, -0.05) is 43.7 Å². The number of benzene rings is 1. The van der Waals surface area contributed by atoms with Crippen LogP contribution in [0.25, 0.3) is 5.57 Å². The third-order valence-electron chi connectivity index (χ3n) is 2.30. The quantitative estimate of drug-likeness (QED) is 0.594. The molecule has 0 N–H and O–H groups in total. The lowest BCUT2D eigenvalue weighted by Crippen LogP contribution is -1.86. The molecule has 0 atom stereocenters. The van der Waals surface area contributed by atoms with Crippen LogP contribution in [0.15, 0.2) is 29.8 Å². The van der Waals surface area contributed by atoms with E-state index in [1.54, 1.807) is 0 Å². The predicted octanol–water partition coefficient (Wildman–Crippen LogP) is 4.83. The van der Waals surface area contributed by atoms with Crippen LogP contribution in [0.4, 0.5) is 0 Å². The van der Waals surface area contributed by atoms with Crippen LogP contribution < -0.4 is 0 Å². The smallest absolute Gasteiger partial charge is 0.0199 e. The second-order valence-corrected chi connectivity index (χ2v) is 3.44. The molecule has 0 saturated heterocycles. The maximum atomic E-state index is 2.18. The van der Waals surface area contributed by atoms with Gasteiger partial charge in [-0.25, -0.2) is 0 Å². The Labute approximate surface area is 88.7 Å². The van der Waals surface area contributed by atoms with E-state index in [1.165, 1.54) is 22.3 Å². The van der Waals surface area contributed by atoms with Gasteiger partial charge in [0.1, 0.15) is 0 Å². The molecule has 0 amide bonds. The fourth-order valence-corrected chi connectivity index (χ4v) is 1.26. The van der Waals surface area contributed by atoms with E-state index in [2.05, 4.69) is 52.0 Å². The molecule has 0 spiro atoms. The first-order valence-corrected chi connectivity index (χ1v) is 5.33. The van der Waals surface area contributed by atoms with E-state index in [-0.39, 0.29) is 0 Å². The van der Waals surface area contributed by atoms with Crippen LogP contribution in [-0.2, 0) is 0 Å². The van der Waals surface area contributed by atoms with Crippen molar-refractivity contribution in [2.75, 3.05) is 0 Å². The van der Waals surface area contributed by atoms with Gasteiger partial charge in [0.05, 0.1) is 0 Å². The molecular weight excluding hydrogens is 168 g/mol. The van der Waals surface area contributed by atoms with E-state index < -0.39 is 0 Å². The van der Waals surface area contributed by atoms with Crippen molar-refractivity contribution in [1.29, 1.82) is 0 Å². The predicted molar refractivity (Wildman–Crippen MR) is 66.5 cm³/mol. The molecule has 0 aliphatic rings. The molecule has 1 aromatic carbocycles. The lowest BCUT2D eigenvalue weighted by atomic mass is 9.99. The Morgan fingerprint density at radius 2 is 1.43 bits per heavy atom. The molecule has 0 radical (unpaired) electrons. The second-order valence-electron chi connectivity index (χ2n) is 3.44. The summed E-state index contributed by atoms with van der Waals surface area (Å²) in [6.45, 7) is 12.6. The highest BCUT2D eigenvalue weighted by molar-refractivity contribution is 5.68. The molecule has 0 aliphatic carbocycles. The van der Waals surface area contributed by atoms with Crippen LogP contribution in [0, 0.1) is 6.92 Å². The Morgan fingerprint density at radius 3 is 1.86 bits per heavy atom. The van der Waals surface area contributed by atoms with Crippen LogP contribution in [0.2, 0.25) is 0 Å². The van der Waals surface area contributed by atoms with E-state index in [0.717, 1.165) is 0 Å². The molecule has 0 bridgehead atoms. The molecule has 0 unspecified atom stereocenters. The number of rotatable bonds is 1.